The fraction of sp³-hybridized carbons (Fsp3) is 0.345. The SMILES string of the molecule is Fc1cccnc1-c1cc2c(-c3nc(N4CCOC5CNCC54)c4c(C5CCC5)cncc4n3)ccnc2[nH]1. The summed E-state index contributed by atoms with van der Waals surface area (Å²) in [4.78, 5) is 29.3. The molecule has 3 fully saturated rings. The maximum atomic E-state index is 14.5. The highest BCUT2D eigenvalue weighted by atomic mass is 19.1. The van der Waals surface area contributed by atoms with Crippen LogP contribution in [-0.4, -0.2) is 68.3 Å². The van der Waals surface area contributed by atoms with Gasteiger partial charge in [0.25, 0.3) is 0 Å². The molecular weight excluding hydrogens is 495 g/mol. The van der Waals surface area contributed by atoms with Gasteiger partial charge in [0.15, 0.2) is 11.6 Å². The second-order valence-electron chi connectivity index (χ2n) is 10.6. The van der Waals surface area contributed by atoms with Crippen molar-refractivity contribution in [3.05, 3.63) is 60.4 Å². The molecule has 5 aromatic rings. The molecule has 2 atom stereocenters. The van der Waals surface area contributed by atoms with E-state index < -0.39 is 5.82 Å². The number of morpholine rings is 1. The standard InChI is InChI=1S/C29H27FN8O/c30-20-5-2-7-33-26(20)21-11-18-17(6-8-34-27(18)35-21)28-36-22-13-31-12-19(16-3-1-4-16)25(22)29(37-28)38-9-10-39-24-15-32-14-23(24)38/h2,5-8,11-13,16,23-24,32H,1,3-4,9-10,14-15H2,(H,34,35). The summed E-state index contributed by atoms with van der Waals surface area (Å²) < 4.78 is 20.6. The number of aromatic nitrogens is 6. The molecule has 8 rings (SSSR count). The summed E-state index contributed by atoms with van der Waals surface area (Å²) in [5.74, 6) is 1.63. The number of hydrogen-bond acceptors (Lipinski definition) is 8. The summed E-state index contributed by atoms with van der Waals surface area (Å²) in [5.41, 5.74) is 4.35. The highest BCUT2D eigenvalue weighted by molar-refractivity contribution is 5.98. The number of fused-ring (bicyclic) bond motifs is 3. The minimum absolute atomic E-state index is 0.134. The van der Waals surface area contributed by atoms with Crippen molar-refractivity contribution in [2.24, 2.45) is 0 Å². The Morgan fingerprint density at radius 3 is 2.87 bits per heavy atom. The molecule has 2 aliphatic heterocycles. The quantitative estimate of drug-likeness (QED) is 0.362. The van der Waals surface area contributed by atoms with E-state index in [4.69, 9.17) is 14.7 Å². The second-order valence-corrected chi connectivity index (χ2v) is 10.6. The third-order valence-corrected chi connectivity index (χ3v) is 8.41. The smallest absolute Gasteiger partial charge is 0.163 e. The fourth-order valence-corrected chi connectivity index (χ4v) is 6.23. The summed E-state index contributed by atoms with van der Waals surface area (Å²) in [5, 5.41) is 5.41. The lowest BCUT2D eigenvalue weighted by Crippen LogP contribution is -2.51. The van der Waals surface area contributed by atoms with E-state index >= 15 is 0 Å². The Kier molecular flexibility index (Phi) is 5.31. The second kappa shape index (κ2) is 9.03. The van der Waals surface area contributed by atoms with Gasteiger partial charge in [0, 0.05) is 54.6 Å². The van der Waals surface area contributed by atoms with Crippen molar-refractivity contribution in [3.63, 3.8) is 0 Å². The predicted octanol–water partition coefficient (Wildman–Crippen LogP) is 4.21. The number of pyridine rings is 3. The van der Waals surface area contributed by atoms with E-state index in [0.717, 1.165) is 47.3 Å². The zero-order valence-electron chi connectivity index (χ0n) is 21.3. The zero-order chi connectivity index (χ0) is 25.9. The van der Waals surface area contributed by atoms with Gasteiger partial charge in [-0.05, 0) is 48.6 Å². The Hall–Kier alpha value is -4.02. The van der Waals surface area contributed by atoms with Gasteiger partial charge >= 0.3 is 0 Å². The molecule has 1 saturated carbocycles. The topological polar surface area (TPSA) is 105 Å². The molecular formula is C29H27FN8O. The Balaban J connectivity index is 1.34. The first-order valence-electron chi connectivity index (χ1n) is 13.6. The van der Waals surface area contributed by atoms with E-state index in [1.54, 1.807) is 18.5 Å². The summed E-state index contributed by atoms with van der Waals surface area (Å²) >= 11 is 0. The third kappa shape index (κ3) is 3.70. The highest BCUT2D eigenvalue weighted by Crippen LogP contribution is 2.43. The molecule has 39 heavy (non-hydrogen) atoms. The lowest BCUT2D eigenvalue weighted by Gasteiger charge is -2.39. The lowest BCUT2D eigenvalue weighted by atomic mass is 9.79. The van der Waals surface area contributed by atoms with E-state index in [1.807, 2.05) is 24.5 Å². The maximum Gasteiger partial charge on any atom is 0.163 e. The number of halogens is 1. The van der Waals surface area contributed by atoms with Crippen LogP contribution in [0, 0.1) is 5.82 Å². The first kappa shape index (κ1) is 22.9. The van der Waals surface area contributed by atoms with Crippen molar-refractivity contribution < 1.29 is 9.13 Å². The molecule has 0 bridgehead atoms. The van der Waals surface area contributed by atoms with Crippen LogP contribution in [0.15, 0.2) is 49.1 Å². The average Bonchev–Trinajstić information content (AvgIpc) is 3.59. The molecule has 10 heteroatoms. The summed E-state index contributed by atoms with van der Waals surface area (Å²) in [6.07, 6.45) is 10.9. The van der Waals surface area contributed by atoms with Gasteiger partial charge in [-0.25, -0.2) is 19.3 Å². The Bertz CT molecular complexity index is 1720. The van der Waals surface area contributed by atoms with Crippen LogP contribution in [0.25, 0.3) is 44.7 Å². The van der Waals surface area contributed by atoms with E-state index in [-0.39, 0.29) is 17.8 Å². The van der Waals surface area contributed by atoms with Gasteiger partial charge in [0.2, 0.25) is 0 Å². The Labute approximate surface area is 223 Å². The number of rotatable bonds is 4. The molecule has 3 aliphatic rings. The molecule has 2 N–H and O–H groups in total. The van der Waals surface area contributed by atoms with Crippen LogP contribution in [-0.2, 0) is 4.74 Å². The van der Waals surface area contributed by atoms with Gasteiger partial charge in [-0.15, -0.1) is 0 Å². The first-order valence-corrected chi connectivity index (χ1v) is 13.6. The van der Waals surface area contributed by atoms with Crippen molar-refractivity contribution in [3.8, 4) is 22.8 Å². The average molecular weight is 523 g/mol. The third-order valence-electron chi connectivity index (χ3n) is 8.41. The van der Waals surface area contributed by atoms with E-state index in [2.05, 4.69) is 30.2 Å². The van der Waals surface area contributed by atoms with E-state index in [1.165, 1.54) is 30.9 Å². The normalized spacial score (nSPS) is 21.4. The lowest BCUT2D eigenvalue weighted by molar-refractivity contribution is 0.0348. The largest absolute Gasteiger partial charge is 0.373 e. The van der Waals surface area contributed by atoms with Crippen LogP contribution in [0.2, 0.25) is 0 Å². The molecule has 0 aromatic carbocycles. The minimum Gasteiger partial charge on any atom is -0.373 e. The molecule has 0 spiro atoms. The van der Waals surface area contributed by atoms with Crippen molar-refractivity contribution in [2.45, 2.75) is 37.3 Å². The minimum atomic E-state index is -0.392. The van der Waals surface area contributed by atoms with Gasteiger partial charge in [0.05, 0.1) is 36.2 Å². The number of ether oxygens (including phenoxy) is 1. The molecule has 5 aromatic heterocycles. The summed E-state index contributed by atoms with van der Waals surface area (Å²) in [7, 11) is 0. The van der Waals surface area contributed by atoms with Crippen molar-refractivity contribution in [1.29, 1.82) is 0 Å². The van der Waals surface area contributed by atoms with E-state index in [0.29, 0.717) is 29.7 Å². The van der Waals surface area contributed by atoms with Crippen LogP contribution in [0.4, 0.5) is 10.2 Å². The predicted molar refractivity (Wildman–Crippen MR) is 146 cm³/mol. The Morgan fingerprint density at radius 1 is 1.05 bits per heavy atom. The van der Waals surface area contributed by atoms with Gasteiger partial charge in [0.1, 0.15) is 17.2 Å². The van der Waals surface area contributed by atoms with Crippen LogP contribution < -0.4 is 10.2 Å². The zero-order valence-corrected chi connectivity index (χ0v) is 21.3. The van der Waals surface area contributed by atoms with Gasteiger partial charge in [-0.3, -0.25) is 9.97 Å². The number of aromatic amines is 1. The molecule has 196 valence electrons. The highest BCUT2D eigenvalue weighted by Gasteiger charge is 2.38. The van der Waals surface area contributed by atoms with Gasteiger partial charge in [-0.2, -0.15) is 0 Å². The summed E-state index contributed by atoms with van der Waals surface area (Å²) in [6.45, 7) is 3.12. The molecule has 0 radical (unpaired) electrons. The van der Waals surface area contributed by atoms with Crippen molar-refractivity contribution >= 4 is 27.8 Å². The first-order chi connectivity index (χ1) is 19.2. The van der Waals surface area contributed by atoms with Gasteiger partial charge < -0.3 is 19.9 Å². The maximum absolute atomic E-state index is 14.5. The molecule has 1 aliphatic carbocycles. The van der Waals surface area contributed by atoms with Crippen LogP contribution >= 0.6 is 0 Å². The molecule has 7 heterocycles. The van der Waals surface area contributed by atoms with Crippen LogP contribution in [0.3, 0.4) is 0 Å². The number of hydrogen-bond donors (Lipinski definition) is 2. The van der Waals surface area contributed by atoms with Crippen LogP contribution in [0.1, 0.15) is 30.7 Å². The number of H-pyrrole nitrogens is 1. The van der Waals surface area contributed by atoms with Crippen molar-refractivity contribution in [2.75, 3.05) is 31.1 Å². The van der Waals surface area contributed by atoms with Crippen LogP contribution in [0.5, 0.6) is 0 Å². The molecule has 9 nitrogen and oxygen atoms in total. The number of nitrogens with one attached hydrogen (secondary N) is 2. The molecule has 2 saturated heterocycles. The number of nitrogens with zero attached hydrogens (tertiary/aromatic N) is 6. The van der Waals surface area contributed by atoms with E-state index in [9.17, 15) is 4.39 Å². The van der Waals surface area contributed by atoms with Gasteiger partial charge in [-0.1, -0.05) is 6.42 Å². The van der Waals surface area contributed by atoms with Crippen molar-refractivity contribution in [1.82, 2.24) is 35.2 Å². The monoisotopic (exact) mass is 522 g/mol. The Morgan fingerprint density at radius 2 is 2.00 bits per heavy atom. The molecule has 0 amide bonds. The fourth-order valence-electron chi connectivity index (χ4n) is 6.23. The summed E-state index contributed by atoms with van der Waals surface area (Å²) in [6, 6.07) is 6.99. The number of anilines is 1. The molecule has 2 unspecified atom stereocenters.